The van der Waals surface area contributed by atoms with Crippen molar-refractivity contribution in [1.29, 1.82) is 0 Å². The average molecular weight is 339 g/mol. The number of aromatic nitrogens is 3. The predicted molar refractivity (Wildman–Crippen MR) is 98.5 cm³/mol. The zero-order valence-corrected chi connectivity index (χ0v) is 14.7. The van der Waals surface area contributed by atoms with E-state index in [0.29, 0.717) is 6.54 Å². The van der Waals surface area contributed by atoms with Crippen LogP contribution in [0.3, 0.4) is 0 Å². The average Bonchev–Trinajstić information content (AvgIpc) is 2.95. The topological polar surface area (TPSA) is 50.7 Å². The Balaban J connectivity index is 2.04. The van der Waals surface area contributed by atoms with E-state index in [-0.39, 0.29) is 10.9 Å². The smallest absolute Gasteiger partial charge is 0.270 e. The van der Waals surface area contributed by atoms with Gasteiger partial charge in [0.05, 0.1) is 5.25 Å². The summed E-state index contributed by atoms with van der Waals surface area (Å²) in [4.78, 5) is 12.0. The molecule has 0 aliphatic rings. The number of nitrogens with zero attached hydrogens (tertiary/aromatic N) is 2. The molecule has 1 N–H and O–H groups in total. The minimum Gasteiger partial charge on any atom is -0.270 e. The highest BCUT2D eigenvalue weighted by Crippen LogP contribution is 2.40. The molecule has 24 heavy (non-hydrogen) atoms. The van der Waals surface area contributed by atoms with Crippen LogP contribution in [-0.4, -0.2) is 14.8 Å². The molecule has 3 rings (SSSR count). The summed E-state index contributed by atoms with van der Waals surface area (Å²) in [7, 11) is 0. The Bertz CT molecular complexity index is 854. The van der Waals surface area contributed by atoms with Gasteiger partial charge in [-0.2, -0.15) is 0 Å². The Hall–Kier alpha value is -2.27. The van der Waals surface area contributed by atoms with Crippen LogP contribution < -0.4 is 5.69 Å². The summed E-state index contributed by atoms with van der Waals surface area (Å²) >= 11 is 1.62. The molecule has 0 amide bonds. The third-order valence-corrected chi connectivity index (χ3v) is 5.25. The molecule has 1 aromatic heterocycles. The largest absolute Gasteiger partial charge is 0.343 e. The van der Waals surface area contributed by atoms with Crippen LogP contribution in [0.15, 0.2) is 64.5 Å². The van der Waals surface area contributed by atoms with Gasteiger partial charge in [-0.05, 0) is 30.0 Å². The van der Waals surface area contributed by atoms with Crippen LogP contribution in [0.4, 0.5) is 0 Å². The molecule has 0 aliphatic carbocycles. The van der Waals surface area contributed by atoms with E-state index in [1.54, 1.807) is 16.3 Å². The van der Waals surface area contributed by atoms with Gasteiger partial charge in [0.25, 0.3) is 0 Å². The third-order valence-electron chi connectivity index (χ3n) is 3.97. The van der Waals surface area contributed by atoms with E-state index >= 15 is 0 Å². The first kappa shape index (κ1) is 16.6. The number of nitrogens with one attached hydrogen (secondary N) is 1. The van der Waals surface area contributed by atoms with Crippen LogP contribution >= 0.6 is 11.8 Å². The van der Waals surface area contributed by atoms with E-state index in [1.165, 1.54) is 16.7 Å². The van der Waals surface area contributed by atoms with E-state index in [2.05, 4.69) is 54.4 Å². The molecule has 1 heterocycles. The molecule has 0 saturated carbocycles. The summed E-state index contributed by atoms with van der Waals surface area (Å²) < 4.78 is 1.72. The van der Waals surface area contributed by atoms with Gasteiger partial charge in [0, 0.05) is 6.54 Å². The molecule has 4 nitrogen and oxygen atoms in total. The van der Waals surface area contributed by atoms with Crippen molar-refractivity contribution in [2.24, 2.45) is 0 Å². The molecule has 0 saturated heterocycles. The molecular formula is C19H21N3OS. The van der Waals surface area contributed by atoms with Gasteiger partial charge in [-0.25, -0.2) is 9.89 Å². The lowest BCUT2D eigenvalue weighted by Crippen LogP contribution is -2.17. The number of thioether (sulfide) groups is 1. The second kappa shape index (κ2) is 7.53. The lowest BCUT2D eigenvalue weighted by atomic mass is 10.0. The second-order valence-electron chi connectivity index (χ2n) is 5.73. The Kier molecular flexibility index (Phi) is 5.20. The molecule has 0 bridgehead atoms. The summed E-state index contributed by atoms with van der Waals surface area (Å²) in [6, 6.07) is 18.7. The molecule has 1 atom stereocenters. The van der Waals surface area contributed by atoms with Crippen molar-refractivity contribution in [3.63, 3.8) is 0 Å². The Morgan fingerprint density at radius 3 is 2.54 bits per heavy atom. The molecule has 3 aromatic rings. The van der Waals surface area contributed by atoms with Crippen molar-refractivity contribution in [3.8, 4) is 0 Å². The predicted octanol–water partition coefficient (Wildman–Crippen LogP) is 4.17. The van der Waals surface area contributed by atoms with Crippen LogP contribution in [0, 0.1) is 6.92 Å². The monoisotopic (exact) mass is 339 g/mol. The molecule has 124 valence electrons. The van der Waals surface area contributed by atoms with Gasteiger partial charge in [-0.15, -0.1) is 5.10 Å². The maximum Gasteiger partial charge on any atom is 0.343 e. The van der Waals surface area contributed by atoms with Gasteiger partial charge in [0.15, 0.2) is 5.16 Å². The fraction of sp³-hybridized carbons (Fsp3) is 0.263. The number of benzene rings is 2. The molecule has 0 radical (unpaired) electrons. The first-order chi connectivity index (χ1) is 11.7. The molecule has 0 fully saturated rings. The quantitative estimate of drug-likeness (QED) is 0.686. The molecule has 2 aromatic carbocycles. The van der Waals surface area contributed by atoms with Crippen LogP contribution in [-0.2, 0) is 6.54 Å². The Morgan fingerprint density at radius 2 is 1.83 bits per heavy atom. The molecule has 0 aliphatic heterocycles. The lowest BCUT2D eigenvalue weighted by Gasteiger charge is -2.19. The summed E-state index contributed by atoms with van der Waals surface area (Å²) in [6.07, 6.45) is 0.896. The molecule has 0 spiro atoms. The highest BCUT2D eigenvalue weighted by Gasteiger charge is 2.21. The minimum absolute atomic E-state index is 0.0956. The number of rotatable bonds is 6. The van der Waals surface area contributed by atoms with Gasteiger partial charge >= 0.3 is 5.69 Å². The van der Waals surface area contributed by atoms with Crippen molar-refractivity contribution in [1.82, 2.24) is 14.8 Å². The second-order valence-corrected chi connectivity index (χ2v) is 6.80. The van der Waals surface area contributed by atoms with E-state index < -0.39 is 0 Å². The van der Waals surface area contributed by atoms with Crippen LogP contribution in [0.5, 0.6) is 0 Å². The Morgan fingerprint density at radius 1 is 1.12 bits per heavy atom. The van der Waals surface area contributed by atoms with E-state index in [1.807, 2.05) is 24.3 Å². The fourth-order valence-corrected chi connectivity index (χ4v) is 4.03. The first-order valence-corrected chi connectivity index (χ1v) is 9.01. The number of hydrogen-bond donors (Lipinski definition) is 1. The van der Waals surface area contributed by atoms with Crippen molar-refractivity contribution in [2.45, 2.75) is 37.2 Å². The fourth-order valence-electron chi connectivity index (χ4n) is 2.74. The van der Waals surface area contributed by atoms with Gasteiger partial charge in [-0.3, -0.25) is 4.57 Å². The Labute approximate surface area is 145 Å². The van der Waals surface area contributed by atoms with E-state index in [4.69, 9.17) is 0 Å². The van der Waals surface area contributed by atoms with Crippen molar-refractivity contribution < 1.29 is 0 Å². The zero-order chi connectivity index (χ0) is 16.9. The summed E-state index contributed by atoms with van der Waals surface area (Å²) in [5.41, 5.74) is 3.54. The van der Waals surface area contributed by atoms with Gasteiger partial charge in [0.2, 0.25) is 0 Å². The maximum atomic E-state index is 12.0. The minimum atomic E-state index is -0.143. The van der Waals surface area contributed by atoms with Crippen molar-refractivity contribution in [2.75, 3.05) is 0 Å². The van der Waals surface area contributed by atoms with E-state index in [0.717, 1.165) is 11.6 Å². The summed E-state index contributed by atoms with van der Waals surface area (Å²) in [6.45, 7) is 4.85. The standard InChI is InChI=1S/C19H21N3OS/c1-3-13-22-18(23)20-21-19(22)24-17(15-10-5-4-6-11-15)16-12-8-7-9-14(16)2/h4-12,17H,3,13H2,1-2H3,(H,20,23)/t17-/m1/s1. The molecule has 0 unspecified atom stereocenters. The number of aromatic amines is 1. The van der Waals surface area contributed by atoms with Gasteiger partial charge < -0.3 is 0 Å². The normalized spacial score (nSPS) is 12.2. The highest BCUT2D eigenvalue weighted by molar-refractivity contribution is 7.99. The van der Waals surface area contributed by atoms with Crippen molar-refractivity contribution >= 4 is 11.8 Å². The van der Waals surface area contributed by atoms with Crippen LogP contribution in [0.2, 0.25) is 0 Å². The molecular weight excluding hydrogens is 318 g/mol. The van der Waals surface area contributed by atoms with Gasteiger partial charge in [-0.1, -0.05) is 73.3 Å². The van der Waals surface area contributed by atoms with Gasteiger partial charge in [0.1, 0.15) is 0 Å². The number of H-pyrrole nitrogens is 1. The highest BCUT2D eigenvalue weighted by atomic mass is 32.2. The SMILES string of the molecule is CCCn1c(S[C@H](c2ccccc2)c2ccccc2C)n[nH]c1=O. The summed E-state index contributed by atoms with van der Waals surface area (Å²) in [5.74, 6) is 0. The zero-order valence-electron chi connectivity index (χ0n) is 13.9. The number of hydrogen-bond acceptors (Lipinski definition) is 3. The van der Waals surface area contributed by atoms with E-state index in [9.17, 15) is 4.79 Å². The summed E-state index contributed by atoms with van der Waals surface area (Å²) in [5, 5.41) is 7.66. The first-order valence-electron chi connectivity index (χ1n) is 8.13. The maximum absolute atomic E-state index is 12.0. The lowest BCUT2D eigenvalue weighted by molar-refractivity contribution is 0.603. The molecule has 5 heteroatoms. The third kappa shape index (κ3) is 3.46. The van der Waals surface area contributed by atoms with Crippen molar-refractivity contribution in [3.05, 3.63) is 81.8 Å². The number of aryl methyl sites for hydroxylation is 1. The van der Waals surface area contributed by atoms with Crippen LogP contribution in [0.1, 0.15) is 35.3 Å². The van der Waals surface area contributed by atoms with Crippen LogP contribution in [0.25, 0.3) is 0 Å².